The van der Waals surface area contributed by atoms with E-state index in [9.17, 15) is 4.79 Å². The first-order valence-corrected chi connectivity index (χ1v) is 10.8. The van der Waals surface area contributed by atoms with Gasteiger partial charge in [0.15, 0.2) is 0 Å². The van der Waals surface area contributed by atoms with Gasteiger partial charge in [-0.1, -0.05) is 11.6 Å². The van der Waals surface area contributed by atoms with Gasteiger partial charge in [-0.15, -0.1) is 11.3 Å². The number of nitrogens with zero attached hydrogens (tertiary/aromatic N) is 1. The van der Waals surface area contributed by atoms with Crippen molar-refractivity contribution in [3.63, 3.8) is 0 Å². The monoisotopic (exact) mass is 422 g/mol. The van der Waals surface area contributed by atoms with E-state index in [2.05, 4.69) is 28.6 Å². The van der Waals surface area contributed by atoms with Gasteiger partial charge in [0.05, 0.1) is 11.6 Å². The molecule has 0 atom stereocenters. The number of hydrogen-bond acceptors (Lipinski definition) is 5. The fraction of sp³-hybridized carbons (Fsp3) is 0.476. The van der Waals surface area contributed by atoms with Gasteiger partial charge in [0.25, 0.3) is 5.91 Å². The van der Waals surface area contributed by atoms with E-state index in [0.29, 0.717) is 29.5 Å². The minimum Gasteiger partial charge on any atom is -0.489 e. The Kier molecular flexibility index (Phi) is 7.73. The third-order valence-electron chi connectivity index (χ3n) is 4.95. The Morgan fingerprint density at radius 3 is 2.75 bits per heavy atom. The summed E-state index contributed by atoms with van der Waals surface area (Å²) < 4.78 is 11.1. The Morgan fingerprint density at radius 2 is 2.11 bits per heavy atom. The van der Waals surface area contributed by atoms with Gasteiger partial charge in [-0.2, -0.15) is 0 Å². The second-order valence-electron chi connectivity index (χ2n) is 7.01. The van der Waals surface area contributed by atoms with E-state index in [0.717, 1.165) is 32.5 Å². The van der Waals surface area contributed by atoms with Gasteiger partial charge < -0.3 is 14.8 Å². The third kappa shape index (κ3) is 5.70. The van der Waals surface area contributed by atoms with Crippen molar-refractivity contribution in [1.29, 1.82) is 0 Å². The van der Waals surface area contributed by atoms with Crippen molar-refractivity contribution in [2.75, 3.05) is 33.4 Å². The lowest BCUT2D eigenvalue weighted by Crippen LogP contribution is -2.37. The van der Waals surface area contributed by atoms with E-state index < -0.39 is 0 Å². The Bertz CT molecular complexity index is 788. The summed E-state index contributed by atoms with van der Waals surface area (Å²) in [5.74, 6) is 0.477. The fourth-order valence-corrected chi connectivity index (χ4v) is 4.41. The van der Waals surface area contributed by atoms with Gasteiger partial charge in [0.2, 0.25) is 0 Å². The molecule has 2 heterocycles. The molecular weight excluding hydrogens is 396 g/mol. The lowest BCUT2D eigenvalue weighted by Gasteiger charge is -2.32. The molecule has 5 nitrogen and oxygen atoms in total. The molecule has 152 valence electrons. The number of carbonyl (C=O) groups is 1. The van der Waals surface area contributed by atoms with E-state index in [4.69, 9.17) is 21.1 Å². The number of methoxy groups -OCH3 is 1. The highest BCUT2D eigenvalue weighted by molar-refractivity contribution is 7.10. The summed E-state index contributed by atoms with van der Waals surface area (Å²) in [6, 6.07) is 7.38. The topological polar surface area (TPSA) is 50.8 Å². The Balaban J connectivity index is 1.49. The van der Waals surface area contributed by atoms with Crippen molar-refractivity contribution < 1.29 is 14.3 Å². The molecule has 0 aliphatic carbocycles. The Hall–Kier alpha value is -1.60. The third-order valence-corrected chi connectivity index (χ3v) is 6.25. The zero-order valence-corrected chi connectivity index (χ0v) is 17.9. The van der Waals surface area contributed by atoms with Crippen LogP contribution in [-0.2, 0) is 11.3 Å². The molecule has 0 radical (unpaired) electrons. The van der Waals surface area contributed by atoms with Crippen molar-refractivity contribution in [3.8, 4) is 5.75 Å². The summed E-state index contributed by atoms with van der Waals surface area (Å²) in [5.41, 5.74) is 1.90. The van der Waals surface area contributed by atoms with E-state index in [1.165, 1.54) is 10.4 Å². The van der Waals surface area contributed by atoms with Crippen LogP contribution in [0.1, 0.15) is 33.6 Å². The number of rotatable bonds is 8. The largest absolute Gasteiger partial charge is 0.489 e. The number of thiophene rings is 1. The maximum Gasteiger partial charge on any atom is 0.251 e. The normalized spacial score (nSPS) is 15.5. The zero-order valence-electron chi connectivity index (χ0n) is 16.4. The summed E-state index contributed by atoms with van der Waals surface area (Å²) >= 11 is 8.18. The molecule has 1 aromatic heterocycles. The summed E-state index contributed by atoms with van der Waals surface area (Å²) in [6.45, 7) is 6.16. The standard InChI is InChI=1S/C21H27ClN2O3S/c1-15-7-12-28-20(15)14-24-9-5-17(6-10-24)27-19-4-3-16(13-18(19)22)21(25)23-8-11-26-2/h3-4,7,12-13,17H,5-6,8-11,14H2,1-2H3,(H,23,25). The maximum atomic E-state index is 12.1. The number of ether oxygens (including phenoxy) is 2. The quantitative estimate of drug-likeness (QED) is 0.650. The summed E-state index contributed by atoms with van der Waals surface area (Å²) in [5, 5.41) is 5.41. The minimum absolute atomic E-state index is 0.152. The van der Waals surface area contributed by atoms with Crippen LogP contribution in [0.4, 0.5) is 0 Å². The predicted octanol–water partition coefficient (Wildman–Crippen LogP) is 4.13. The number of nitrogens with one attached hydrogen (secondary N) is 1. The number of hydrogen-bond donors (Lipinski definition) is 1. The second kappa shape index (κ2) is 10.3. The van der Waals surface area contributed by atoms with Gasteiger partial charge in [-0.3, -0.25) is 9.69 Å². The molecule has 1 saturated heterocycles. The summed E-state index contributed by atoms with van der Waals surface area (Å²) in [4.78, 5) is 16.0. The summed E-state index contributed by atoms with van der Waals surface area (Å²) in [7, 11) is 1.60. The van der Waals surface area contributed by atoms with Crippen LogP contribution in [0.2, 0.25) is 5.02 Å². The van der Waals surface area contributed by atoms with Gasteiger partial charge in [-0.25, -0.2) is 0 Å². The van der Waals surface area contributed by atoms with Crippen LogP contribution in [0.15, 0.2) is 29.6 Å². The molecule has 0 bridgehead atoms. The molecule has 1 N–H and O–H groups in total. The number of benzene rings is 1. The predicted molar refractivity (Wildman–Crippen MR) is 114 cm³/mol. The average molecular weight is 423 g/mol. The van der Waals surface area contributed by atoms with E-state index in [1.54, 1.807) is 25.3 Å². The van der Waals surface area contributed by atoms with Crippen molar-refractivity contribution in [2.24, 2.45) is 0 Å². The Labute approximate surface area is 175 Å². The first-order chi connectivity index (χ1) is 13.6. The van der Waals surface area contributed by atoms with Crippen molar-refractivity contribution in [3.05, 3.63) is 50.7 Å². The average Bonchev–Trinajstić information content (AvgIpc) is 3.09. The van der Waals surface area contributed by atoms with Gasteiger partial charge >= 0.3 is 0 Å². The lowest BCUT2D eigenvalue weighted by atomic mass is 10.1. The number of carbonyl (C=O) groups excluding carboxylic acids is 1. The minimum atomic E-state index is -0.164. The Morgan fingerprint density at radius 1 is 1.32 bits per heavy atom. The number of amides is 1. The van der Waals surface area contributed by atoms with E-state index in [1.807, 2.05) is 11.3 Å². The highest BCUT2D eigenvalue weighted by Crippen LogP contribution is 2.29. The van der Waals surface area contributed by atoms with Crippen LogP contribution in [0.3, 0.4) is 0 Å². The number of piperidine rings is 1. The first kappa shape index (κ1) is 21.1. The van der Waals surface area contributed by atoms with E-state index in [-0.39, 0.29) is 12.0 Å². The second-order valence-corrected chi connectivity index (χ2v) is 8.42. The molecular formula is C21H27ClN2O3S. The van der Waals surface area contributed by atoms with Crippen LogP contribution in [0, 0.1) is 6.92 Å². The number of aryl methyl sites for hydroxylation is 1. The smallest absolute Gasteiger partial charge is 0.251 e. The molecule has 7 heteroatoms. The zero-order chi connectivity index (χ0) is 19.9. The fourth-order valence-electron chi connectivity index (χ4n) is 3.24. The van der Waals surface area contributed by atoms with Gasteiger partial charge in [-0.05, 0) is 55.0 Å². The van der Waals surface area contributed by atoms with Crippen LogP contribution in [-0.4, -0.2) is 50.3 Å². The molecule has 28 heavy (non-hydrogen) atoms. The van der Waals surface area contributed by atoms with Crippen molar-refractivity contribution >= 4 is 28.8 Å². The molecule has 1 aliphatic rings. The first-order valence-electron chi connectivity index (χ1n) is 9.55. The molecule has 0 unspecified atom stereocenters. The van der Waals surface area contributed by atoms with E-state index >= 15 is 0 Å². The molecule has 1 aromatic carbocycles. The van der Waals surface area contributed by atoms with Crippen molar-refractivity contribution in [2.45, 2.75) is 32.4 Å². The SMILES string of the molecule is COCCNC(=O)c1ccc(OC2CCN(Cc3sccc3C)CC2)c(Cl)c1. The molecule has 1 amide bonds. The molecule has 3 rings (SSSR count). The molecule has 1 fully saturated rings. The molecule has 1 aliphatic heterocycles. The van der Waals surface area contributed by atoms with Crippen molar-refractivity contribution in [1.82, 2.24) is 10.2 Å². The maximum absolute atomic E-state index is 12.1. The van der Waals surface area contributed by atoms with Crippen LogP contribution in [0.5, 0.6) is 5.75 Å². The highest BCUT2D eigenvalue weighted by Gasteiger charge is 2.22. The van der Waals surface area contributed by atoms with Crippen LogP contribution in [0.25, 0.3) is 0 Å². The van der Waals surface area contributed by atoms with Gasteiger partial charge in [0, 0.05) is 43.7 Å². The number of halogens is 1. The lowest BCUT2D eigenvalue weighted by molar-refractivity contribution is 0.0935. The summed E-state index contributed by atoms with van der Waals surface area (Å²) in [6.07, 6.45) is 2.10. The molecule has 2 aromatic rings. The van der Waals surface area contributed by atoms with Gasteiger partial charge in [0.1, 0.15) is 11.9 Å². The highest BCUT2D eigenvalue weighted by atomic mass is 35.5. The molecule has 0 saturated carbocycles. The van der Waals surface area contributed by atoms with Crippen LogP contribution >= 0.6 is 22.9 Å². The van der Waals surface area contributed by atoms with Crippen LogP contribution < -0.4 is 10.1 Å². The number of likely N-dealkylation sites (tertiary alicyclic amines) is 1. The molecule has 0 spiro atoms.